The molecular formula is C18H38O4S. The van der Waals surface area contributed by atoms with E-state index in [0.717, 1.165) is 38.5 Å². The number of unbranched alkanes of at least 4 members (excludes halogenated alkanes) is 11. The number of hydrogen-bond acceptors (Lipinski definition) is 3. The Morgan fingerprint density at radius 1 is 0.696 bits per heavy atom. The maximum absolute atomic E-state index is 10.5. The summed E-state index contributed by atoms with van der Waals surface area (Å²) in [5.41, 5.74) is 0. The van der Waals surface area contributed by atoms with E-state index >= 15 is 0 Å². The molecule has 0 aromatic carbocycles. The summed E-state index contributed by atoms with van der Waals surface area (Å²) in [5, 5.41) is 9.90. The fourth-order valence-electron chi connectivity index (χ4n) is 2.85. The first-order valence-corrected chi connectivity index (χ1v) is 11.2. The molecule has 1 atom stereocenters. The summed E-state index contributed by atoms with van der Waals surface area (Å²) in [6.45, 7) is 2.24. The van der Waals surface area contributed by atoms with Crippen LogP contribution >= 0.6 is 0 Å². The van der Waals surface area contributed by atoms with Gasteiger partial charge in [0.25, 0.3) is 10.1 Å². The average Bonchev–Trinajstić information content (AvgIpc) is 2.48. The van der Waals surface area contributed by atoms with Crippen molar-refractivity contribution in [2.24, 2.45) is 0 Å². The highest BCUT2D eigenvalue weighted by atomic mass is 32.2. The zero-order chi connectivity index (χ0) is 17.4. The van der Waals surface area contributed by atoms with Gasteiger partial charge in [-0.25, -0.2) is 0 Å². The lowest BCUT2D eigenvalue weighted by Gasteiger charge is -2.10. The van der Waals surface area contributed by atoms with Gasteiger partial charge in [0.05, 0.1) is 11.9 Å². The number of aliphatic hydroxyl groups is 1. The first kappa shape index (κ1) is 22.9. The van der Waals surface area contributed by atoms with Crippen molar-refractivity contribution in [3.05, 3.63) is 0 Å². The average molecular weight is 351 g/mol. The third-order valence-corrected chi connectivity index (χ3v) is 5.14. The smallest absolute Gasteiger partial charge is 0.264 e. The van der Waals surface area contributed by atoms with Crippen molar-refractivity contribution in [2.45, 2.75) is 109 Å². The molecule has 0 heterocycles. The lowest BCUT2D eigenvalue weighted by molar-refractivity contribution is 0.147. The quantitative estimate of drug-likeness (QED) is 0.282. The number of aliphatic hydroxyl groups excluding tert-OH is 1. The van der Waals surface area contributed by atoms with Crippen molar-refractivity contribution in [1.29, 1.82) is 0 Å². The molecule has 0 radical (unpaired) electrons. The third-order valence-electron chi connectivity index (χ3n) is 4.33. The van der Waals surface area contributed by atoms with Crippen molar-refractivity contribution in [1.82, 2.24) is 0 Å². The highest BCUT2D eigenvalue weighted by Gasteiger charge is 2.05. The molecule has 2 N–H and O–H groups in total. The van der Waals surface area contributed by atoms with Gasteiger partial charge in [0.2, 0.25) is 0 Å². The summed E-state index contributed by atoms with van der Waals surface area (Å²) < 4.78 is 29.7. The van der Waals surface area contributed by atoms with Gasteiger partial charge in [0.15, 0.2) is 0 Å². The molecule has 0 rings (SSSR count). The monoisotopic (exact) mass is 350 g/mol. The van der Waals surface area contributed by atoms with E-state index in [0.29, 0.717) is 6.42 Å². The Balaban J connectivity index is 3.23. The molecule has 0 spiro atoms. The lowest BCUT2D eigenvalue weighted by Crippen LogP contribution is -2.06. The second kappa shape index (κ2) is 15.4. The Bertz CT molecular complexity index is 341. The predicted octanol–water partition coefficient (Wildman–Crippen LogP) is 5.11. The summed E-state index contributed by atoms with van der Waals surface area (Å²) in [4.78, 5) is 0. The van der Waals surface area contributed by atoms with E-state index in [2.05, 4.69) is 6.92 Å². The van der Waals surface area contributed by atoms with Gasteiger partial charge in [0.1, 0.15) is 0 Å². The molecule has 0 aliphatic heterocycles. The van der Waals surface area contributed by atoms with E-state index in [9.17, 15) is 13.5 Å². The van der Waals surface area contributed by atoms with E-state index in [4.69, 9.17) is 4.55 Å². The van der Waals surface area contributed by atoms with Crippen LogP contribution in [0.25, 0.3) is 0 Å². The van der Waals surface area contributed by atoms with Gasteiger partial charge in [-0.15, -0.1) is 0 Å². The van der Waals surface area contributed by atoms with Crippen LogP contribution in [-0.2, 0) is 10.1 Å². The van der Waals surface area contributed by atoms with Crippen molar-refractivity contribution >= 4 is 10.1 Å². The summed E-state index contributed by atoms with van der Waals surface area (Å²) >= 11 is 0. The van der Waals surface area contributed by atoms with Gasteiger partial charge in [0, 0.05) is 0 Å². The Morgan fingerprint density at radius 3 is 1.52 bits per heavy atom. The van der Waals surface area contributed by atoms with Gasteiger partial charge in [-0.3, -0.25) is 4.55 Å². The number of rotatable bonds is 17. The molecule has 4 nitrogen and oxygen atoms in total. The fraction of sp³-hybridized carbons (Fsp3) is 1.00. The zero-order valence-electron chi connectivity index (χ0n) is 15.0. The first-order valence-electron chi connectivity index (χ1n) is 9.59. The van der Waals surface area contributed by atoms with Gasteiger partial charge < -0.3 is 5.11 Å². The molecule has 0 aliphatic carbocycles. The molecule has 0 saturated heterocycles. The van der Waals surface area contributed by atoms with Gasteiger partial charge in [-0.05, 0) is 19.3 Å². The minimum absolute atomic E-state index is 0.145. The van der Waals surface area contributed by atoms with E-state index in [1.165, 1.54) is 51.4 Å². The van der Waals surface area contributed by atoms with Crippen LogP contribution in [0.15, 0.2) is 0 Å². The highest BCUT2D eigenvalue weighted by Crippen LogP contribution is 2.14. The third kappa shape index (κ3) is 19.8. The molecule has 0 bridgehead atoms. The van der Waals surface area contributed by atoms with E-state index < -0.39 is 10.1 Å². The van der Waals surface area contributed by atoms with Crippen LogP contribution in [0.3, 0.4) is 0 Å². The Morgan fingerprint density at radius 2 is 1.09 bits per heavy atom. The Hall–Kier alpha value is -0.130. The predicted molar refractivity (Wildman–Crippen MR) is 97.4 cm³/mol. The van der Waals surface area contributed by atoms with Crippen molar-refractivity contribution in [3.8, 4) is 0 Å². The molecule has 140 valence electrons. The first-order chi connectivity index (χ1) is 11.0. The second-order valence-electron chi connectivity index (χ2n) is 6.76. The van der Waals surface area contributed by atoms with Gasteiger partial charge >= 0.3 is 0 Å². The van der Waals surface area contributed by atoms with Crippen LogP contribution in [0, 0.1) is 0 Å². The van der Waals surface area contributed by atoms with E-state index in [1.54, 1.807) is 0 Å². The minimum atomic E-state index is -3.80. The van der Waals surface area contributed by atoms with Crippen LogP contribution in [0.2, 0.25) is 0 Å². The minimum Gasteiger partial charge on any atom is -0.393 e. The molecule has 1 unspecified atom stereocenters. The van der Waals surface area contributed by atoms with Gasteiger partial charge in [-0.2, -0.15) is 8.42 Å². The van der Waals surface area contributed by atoms with Crippen LogP contribution in [0.4, 0.5) is 0 Å². The highest BCUT2D eigenvalue weighted by molar-refractivity contribution is 7.85. The zero-order valence-corrected chi connectivity index (χ0v) is 15.8. The van der Waals surface area contributed by atoms with E-state index in [-0.39, 0.29) is 11.9 Å². The molecule has 0 aliphatic rings. The summed E-state index contributed by atoms with van der Waals surface area (Å²) in [7, 11) is -3.80. The largest absolute Gasteiger partial charge is 0.393 e. The van der Waals surface area contributed by atoms with Crippen LogP contribution < -0.4 is 0 Å². The Kier molecular flexibility index (Phi) is 15.3. The van der Waals surface area contributed by atoms with E-state index in [1.807, 2.05) is 0 Å². The number of hydrogen-bond donors (Lipinski definition) is 2. The second-order valence-corrected chi connectivity index (χ2v) is 8.33. The molecule has 0 amide bonds. The van der Waals surface area contributed by atoms with Crippen LogP contribution in [-0.4, -0.2) is 29.9 Å². The molecule has 0 fully saturated rings. The summed E-state index contributed by atoms with van der Waals surface area (Å²) in [6, 6.07) is 0. The van der Waals surface area contributed by atoms with Gasteiger partial charge in [-0.1, -0.05) is 84.0 Å². The molecule has 23 heavy (non-hydrogen) atoms. The van der Waals surface area contributed by atoms with Crippen molar-refractivity contribution in [2.75, 3.05) is 5.75 Å². The molecule has 0 aromatic rings. The Labute approximate surface area is 143 Å². The SMILES string of the molecule is CCCCCCCCCCCC(O)CCCCCCS(=O)(=O)O. The van der Waals surface area contributed by atoms with Crippen LogP contribution in [0.5, 0.6) is 0 Å². The maximum atomic E-state index is 10.5. The van der Waals surface area contributed by atoms with Crippen molar-refractivity contribution in [3.63, 3.8) is 0 Å². The summed E-state index contributed by atoms with van der Waals surface area (Å²) in [5.74, 6) is -0.145. The van der Waals surface area contributed by atoms with Crippen molar-refractivity contribution < 1.29 is 18.1 Å². The molecule has 0 saturated carbocycles. The normalized spacial score (nSPS) is 13.3. The standard InChI is InChI=1S/C18H38O4S/c1-2-3-4-5-6-7-8-9-12-15-18(19)16-13-10-11-14-17-23(20,21)22/h18-19H,2-17H2,1H3,(H,20,21,22). The maximum Gasteiger partial charge on any atom is 0.264 e. The molecular weight excluding hydrogens is 312 g/mol. The lowest BCUT2D eigenvalue weighted by atomic mass is 10.0. The molecule has 5 heteroatoms. The topological polar surface area (TPSA) is 74.6 Å². The fourth-order valence-corrected chi connectivity index (χ4v) is 3.42. The summed E-state index contributed by atoms with van der Waals surface area (Å²) in [6.07, 6.45) is 16.4. The molecule has 0 aromatic heterocycles. The van der Waals surface area contributed by atoms with Crippen LogP contribution in [0.1, 0.15) is 103 Å².